The topological polar surface area (TPSA) is 32.8 Å². The van der Waals surface area contributed by atoms with Crippen LogP contribution in [0.4, 0.5) is 34.1 Å². The standard InChI is InChI=1S/C111H81BN2O2/c1-109(2,3)82-62-87(72-37-17-9-18-38-72)107(88(63-82)73-39-19-10-20-40-73)113-98-66-92-85-50-26-29-53-102(85)115-104(92)68-96(98)112-97-69-105-93(86-51-27-30-54-103(86)116-105)67-99(97)114(101-61-79(60-100(113)106(101)112)76-55-56-95-91(59-76)84-49-25-28-52-94(84)111(95,80-45-21-11-22-46-80)81-47-23-12-24-48-81)108-89(77-43-31-41-74(57-77)70-33-13-7-14-34-70)64-83(110(4,5)6)65-90(108)78-44-32-42-75(58-78)71-35-15-8-16-36-71/h7-69H,1-6H3. The van der Waals surface area contributed by atoms with Crippen molar-refractivity contribution >= 4 is 101 Å². The molecule has 0 amide bonds. The van der Waals surface area contributed by atoms with Crippen molar-refractivity contribution in [3.63, 3.8) is 0 Å². The first-order chi connectivity index (χ1) is 56.8. The number of para-hydroxylation sites is 2. The summed E-state index contributed by atoms with van der Waals surface area (Å²) in [6, 6.07) is 144. The molecule has 5 heteroatoms. The lowest BCUT2D eigenvalue weighted by Gasteiger charge is -2.46. The van der Waals surface area contributed by atoms with Gasteiger partial charge in [-0.1, -0.05) is 333 Å². The van der Waals surface area contributed by atoms with E-state index >= 15 is 0 Å². The quantitative estimate of drug-likeness (QED) is 0.121. The molecule has 1 aliphatic carbocycles. The summed E-state index contributed by atoms with van der Waals surface area (Å²) in [7, 11) is 0. The summed E-state index contributed by atoms with van der Waals surface area (Å²) >= 11 is 0. The van der Waals surface area contributed by atoms with Crippen LogP contribution >= 0.6 is 0 Å². The molecule has 4 nitrogen and oxygen atoms in total. The first kappa shape index (κ1) is 68.8. The van der Waals surface area contributed by atoms with Crippen molar-refractivity contribution in [2.45, 2.75) is 57.8 Å². The normalized spacial score (nSPS) is 13.3. The van der Waals surface area contributed by atoms with Crippen LogP contribution in [0.5, 0.6) is 0 Å². The smallest absolute Gasteiger partial charge is 0.252 e. The molecule has 19 aromatic rings. The third-order valence-corrected chi connectivity index (χ3v) is 25.0. The van der Waals surface area contributed by atoms with Gasteiger partial charge < -0.3 is 18.6 Å². The number of furan rings is 2. The van der Waals surface area contributed by atoms with Crippen molar-refractivity contribution in [2.24, 2.45) is 0 Å². The zero-order valence-corrected chi connectivity index (χ0v) is 65.7. The molecule has 0 radical (unpaired) electrons. The average Bonchev–Trinajstić information content (AvgIpc) is 0.880. The second kappa shape index (κ2) is 26.6. The van der Waals surface area contributed by atoms with Crippen LogP contribution in [0, 0.1) is 0 Å². The third kappa shape index (κ3) is 10.9. The molecule has 0 N–H and O–H groups in total. The minimum Gasteiger partial charge on any atom is -0.456 e. The Labute approximate surface area is 677 Å². The van der Waals surface area contributed by atoms with E-state index in [9.17, 15) is 0 Å². The summed E-state index contributed by atoms with van der Waals surface area (Å²) in [5.41, 5.74) is 37.5. The number of benzene rings is 17. The van der Waals surface area contributed by atoms with Crippen molar-refractivity contribution in [3.8, 4) is 89.0 Å². The molecule has 22 rings (SSSR count). The number of hydrogen-bond acceptors (Lipinski definition) is 4. The van der Waals surface area contributed by atoms with Crippen LogP contribution in [-0.2, 0) is 16.2 Å². The monoisotopic (exact) mass is 1480 g/mol. The molecule has 17 aromatic carbocycles. The van der Waals surface area contributed by atoms with Crippen LogP contribution in [0.2, 0.25) is 0 Å². The lowest BCUT2D eigenvalue weighted by Crippen LogP contribution is -2.61. The molecule has 2 aliphatic heterocycles. The molecule has 116 heavy (non-hydrogen) atoms. The van der Waals surface area contributed by atoms with Crippen LogP contribution in [-0.4, -0.2) is 6.71 Å². The maximum absolute atomic E-state index is 7.26. The minimum atomic E-state index is -0.614. The van der Waals surface area contributed by atoms with Gasteiger partial charge in [0.1, 0.15) is 22.3 Å². The molecule has 0 spiro atoms. The van der Waals surface area contributed by atoms with E-state index < -0.39 is 12.1 Å². The highest BCUT2D eigenvalue weighted by atomic mass is 16.3. The summed E-state index contributed by atoms with van der Waals surface area (Å²) in [4.78, 5) is 5.42. The van der Waals surface area contributed by atoms with Gasteiger partial charge in [0.2, 0.25) is 0 Å². The Morgan fingerprint density at radius 2 is 0.603 bits per heavy atom. The van der Waals surface area contributed by atoms with E-state index in [0.717, 1.165) is 172 Å². The van der Waals surface area contributed by atoms with Gasteiger partial charge in [-0.05, 0) is 218 Å². The van der Waals surface area contributed by atoms with Crippen molar-refractivity contribution in [2.75, 3.05) is 9.80 Å². The number of nitrogens with zero attached hydrogens (tertiary/aromatic N) is 2. The van der Waals surface area contributed by atoms with E-state index in [4.69, 9.17) is 8.83 Å². The van der Waals surface area contributed by atoms with Gasteiger partial charge in [-0.15, -0.1) is 0 Å². The summed E-state index contributed by atoms with van der Waals surface area (Å²) in [5.74, 6) is 0. The Bertz CT molecular complexity index is 6950. The van der Waals surface area contributed by atoms with E-state index in [1.807, 2.05) is 0 Å². The van der Waals surface area contributed by atoms with Gasteiger partial charge in [-0.2, -0.15) is 0 Å². The van der Waals surface area contributed by atoms with Gasteiger partial charge in [0, 0.05) is 66.5 Å². The van der Waals surface area contributed by atoms with E-state index in [1.54, 1.807) is 0 Å². The Morgan fingerprint density at radius 1 is 0.241 bits per heavy atom. The molecule has 0 atom stereocenters. The predicted molar refractivity (Wildman–Crippen MR) is 488 cm³/mol. The minimum absolute atomic E-state index is 0.242. The molecule has 0 unspecified atom stereocenters. The first-order valence-electron chi connectivity index (χ1n) is 40.6. The van der Waals surface area contributed by atoms with Crippen LogP contribution in [0.1, 0.15) is 74.9 Å². The van der Waals surface area contributed by atoms with Gasteiger partial charge in [-0.3, -0.25) is 0 Å². The predicted octanol–water partition coefficient (Wildman–Crippen LogP) is 28.2. The molecule has 2 aromatic heterocycles. The van der Waals surface area contributed by atoms with Crippen LogP contribution < -0.4 is 26.2 Å². The summed E-state index contributed by atoms with van der Waals surface area (Å²) in [6.45, 7) is 13.7. The molecule has 3 aliphatic rings. The summed E-state index contributed by atoms with van der Waals surface area (Å²) < 4.78 is 14.5. The van der Waals surface area contributed by atoms with Crippen molar-refractivity contribution in [3.05, 3.63) is 416 Å². The van der Waals surface area contributed by atoms with Gasteiger partial charge in [0.05, 0.1) is 16.8 Å². The number of hydrogen-bond donors (Lipinski definition) is 0. The van der Waals surface area contributed by atoms with Crippen molar-refractivity contribution in [1.29, 1.82) is 0 Å². The second-order valence-corrected chi connectivity index (χ2v) is 33.8. The van der Waals surface area contributed by atoms with E-state index in [0.29, 0.717) is 0 Å². The molecule has 4 heterocycles. The molecular weight excluding hydrogens is 1400 g/mol. The Morgan fingerprint density at radius 3 is 1.05 bits per heavy atom. The largest absolute Gasteiger partial charge is 0.456 e. The highest BCUT2D eigenvalue weighted by Crippen LogP contribution is 2.60. The summed E-state index contributed by atoms with van der Waals surface area (Å²) in [6.07, 6.45) is 0. The number of rotatable bonds is 11. The SMILES string of the molecule is CC(C)(C)c1cc(-c2ccccc2)c(N2c3cc4c(cc3B3c5cc6oc7ccccc7c6cc5N(c5c(-c6cccc(-c7ccccc7)c6)cc(C(C)(C)C)cc5-c5cccc(-c6ccccc6)c5)c5cc(-c6ccc7c(c6)-c6ccccc6C7(c6ccccc6)c6ccccc6)cc2c53)oc2ccccc24)c(-c2ccccc2)c1. The lowest BCUT2D eigenvalue weighted by molar-refractivity contribution is 0.590. The number of fused-ring (bicyclic) bond motifs is 13. The maximum atomic E-state index is 7.26. The van der Waals surface area contributed by atoms with Crippen molar-refractivity contribution < 1.29 is 8.83 Å². The molecule has 0 saturated carbocycles. The fraction of sp³-hybridized carbons (Fsp3) is 0.0811. The fourth-order valence-electron chi connectivity index (χ4n) is 19.4. The molecule has 0 bridgehead atoms. The van der Waals surface area contributed by atoms with Gasteiger partial charge in [0.15, 0.2) is 0 Å². The molecule has 550 valence electrons. The second-order valence-electron chi connectivity index (χ2n) is 33.8. The summed E-state index contributed by atoms with van der Waals surface area (Å²) in [5, 5.41) is 4.20. The fourth-order valence-corrected chi connectivity index (χ4v) is 19.4. The maximum Gasteiger partial charge on any atom is 0.252 e. The number of anilines is 6. The molecular formula is C111H81BN2O2. The zero-order chi connectivity index (χ0) is 77.7. The molecule has 0 saturated heterocycles. The Hall–Kier alpha value is -14.0. The average molecular weight is 1490 g/mol. The molecule has 0 fully saturated rings. The van der Waals surface area contributed by atoms with Gasteiger partial charge in [-0.25, -0.2) is 0 Å². The van der Waals surface area contributed by atoms with Crippen LogP contribution in [0.25, 0.3) is 133 Å². The zero-order valence-electron chi connectivity index (χ0n) is 65.7. The third-order valence-electron chi connectivity index (χ3n) is 25.0. The highest BCUT2D eigenvalue weighted by molar-refractivity contribution is 7.00. The van der Waals surface area contributed by atoms with Crippen LogP contribution in [0.3, 0.4) is 0 Å². The van der Waals surface area contributed by atoms with E-state index in [-0.39, 0.29) is 10.8 Å². The highest BCUT2D eigenvalue weighted by Gasteiger charge is 2.49. The van der Waals surface area contributed by atoms with Crippen LogP contribution in [0.15, 0.2) is 391 Å². The lowest BCUT2D eigenvalue weighted by atomic mass is 9.33. The van der Waals surface area contributed by atoms with Gasteiger partial charge in [0.25, 0.3) is 6.71 Å². The first-order valence-corrected chi connectivity index (χ1v) is 40.6. The van der Waals surface area contributed by atoms with E-state index in [2.05, 4.69) is 434 Å². The van der Waals surface area contributed by atoms with Gasteiger partial charge >= 0.3 is 0 Å². The Balaban J connectivity index is 0.942. The Kier molecular flexibility index (Phi) is 15.8. The van der Waals surface area contributed by atoms with Crippen molar-refractivity contribution in [1.82, 2.24) is 0 Å². The van der Waals surface area contributed by atoms with E-state index in [1.165, 1.54) is 44.5 Å².